The predicted octanol–water partition coefficient (Wildman–Crippen LogP) is 3.30. The minimum absolute atomic E-state index is 0.0771. The number of oxime groups is 1. The number of likely N-dealkylation sites (tertiary alicyclic amines) is 1. The smallest absolute Gasteiger partial charge is 0.266 e. The van der Waals surface area contributed by atoms with Crippen molar-refractivity contribution in [1.29, 1.82) is 0 Å². The number of hydrogen-bond donors (Lipinski definition) is 0. The Hall–Kier alpha value is -1.07. The van der Waals surface area contributed by atoms with E-state index in [0.29, 0.717) is 6.42 Å². The van der Waals surface area contributed by atoms with Gasteiger partial charge in [-0.15, -0.1) is 11.3 Å². The summed E-state index contributed by atoms with van der Waals surface area (Å²) in [5.41, 5.74) is 0.829. The van der Waals surface area contributed by atoms with Crippen LogP contribution in [0.15, 0.2) is 17.3 Å². The van der Waals surface area contributed by atoms with Crippen LogP contribution in [-0.4, -0.2) is 35.7 Å². The maximum atomic E-state index is 12.4. The summed E-state index contributed by atoms with van der Waals surface area (Å²) in [6.07, 6.45) is 4.70. The molecule has 20 heavy (non-hydrogen) atoms. The Morgan fingerprint density at radius 3 is 2.70 bits per heavy atom. The Labute approximate surface area is 127 Å². The number of halogens is 1. The van der Waals surface area contributed by atoms with E-state index >= 15 is 0 Å². The summed E-state index contributed by atoms with van der Waals surface area (Å²) in [7, 11) is 0. The third-order valence-corrected chi connectivity index (χ3v) is 5.00. The lowest BCUT2D eigenvalue weighted by atomic mass is 10.1. The number of rotatable bonds is 2. The average molecular weight is 313 g/mol. The maximum Gasteiger partial charge on any atom is 0.266 e. The predicted molar refractivity (Wildman–Crippen MR) is 80.4 cm³/mol. The van der Waals surface area contributed by atoms with Gasteiger partial charge in [0.2, 0.25) is 6.10 Å². The number of carbonyl (C=O) groups is 1. The fourth-order valence-corrected chi connectivity index (χ4v) is 3.65. The second-order valence-electron chi connectivity index (χ2n) is 5.18. The molecule has 1 fully saturated rings. The van der Waals surface area contributed by atoms with E-state index in [1.165, 1.54) is 24.2 Å². The van der Waals surface area contributed by atoms with Crippen molar-refractivity contribution in [2.75, 3.05) is 13.1 Å². The largest absolute Gasteiger partial charge is 0.382 e. The van der Waals surface area contributed by atoms with E-state index in [1.54, 1.807) is 0 Å². The van der Waals surface area contributed by atoms with Gasteiger partial charge in [0.1, 0.15) is 5.71 Å². The summed E-state index contributed by atoms with van der Waals surface area (Å²) in [5.74, 6) is 0.0771. The molecule has 0 aromatic carbocycles. The number of carbonyl (C=O) groups excluding carboxylic acids is 1. The van der Waals surface area contributed by atoms with Gasteiger partial charge < -0.3 is 9.74 Å². The van der Waals surface area contributed by atoms with E-state index in [0.717, 1.165) is 40.9 Å². The highest BCUT2D eigenvalue weighted by molar-refractivity contribution is 7.18. The molecule has 0 N–H and O–H groups in total. The molecule has 1 aromatic heterocycles. The van der Waals surface area contributed by atoms with Crippen LogP contribution in [0.3, 0.4) is 0 Å². The van der Waals surface area contributed by atoms with Crippen molar-refractivity contribution in [3.63, 3.8) is 0 Å². The Kier molecular flexibility index (Phi) is 4.27. The van der Waals surface area contributed by atoms with Gasteiger partial charge in [-0.05, 0) is 25.0 Å². The zero-order valence-electron chi connectivity index (χ0n) is 11.2. The zero-order chi connectivity index (χ0) is 13.9. The first kappa shape index (κ1) is 13.9. The summed E-state index contributed by atoms with van der Waals surface area (Å²) in [5, 5.41) is 4.06. The summed E-state index contributed by atoms with van der Waals surface area (Å²) in [6.45, 7) is 1.69. The molecule has 108 valence electrons. The topological polar surface area (TPSA) is 41.9 Å². The Morgan fingerprint density at radius 1 is 1.30 bits per heavy atom. The molecule has 0 aliphatic carbocycles. The Bertz CT molecular complexity index is 521. The molecule has 0 bridgehead atoms. The minimum Gasteiger partial charge on any atom is -0.382 e. The van der Waals surface area contributed by atoms with Crippen LogP contribution < -0.4 is 0 Å². The molecule has 2 aliphatic rings. The van der Waals surface area contributed by atoms with Crippen LogP contribution >= 0.6 is 22.9 Å². The zero-order valence-corrected chi connectivity index (χ0v) is 12.8. The van der Waals surface area contributed by atoms with Crippen molar-refractivity contribution >= 4 is 34.6 Å². The minimum atomic E-state index is -0.455. The lowest BCUT2D eigenvalue weighted by Crippen LogP contribution is -2.39. The van der Waals surface area contributed by atoms with Crippen molar-refractivity contribution in [3.05, 3.63) is 21.3 Å². The third kappa shape index (κ3) is 2.99. The number of nitrogens with zero attached hydrogens (tertiary/aromatic N) is 2. The Morgan fingerprint density at radius 2 is 2.05 bits per heavy atom. The molecule has 0 spiro atoms. The van der Waals surface area contributed by atoms with Gasteiger partial charge in [-0.3, -0.25) is 4.79 Å². The lowest BCUT2D eigenvalue weighted by molar-refractivity contribution is -0.142. The van der Waals surface area contributed by atoms with Gasteiger partial charge in [0, 0.05) is 19.5 Å². The first-order valence-corrected chi connectivity index (χ1v) is 8.20. The van der Waals surface area contributed by atoms with Gasteiger partial charge in [0.15, 0.2) is 0 Å². The monoisotopic (exact) mass is 312 g/mol. The number of thiophene rings is 1. The van der Waals surface area contributed by atoms with Crippen LogP contribution in [0.4, 0.5) is 0 Å². The lowest BCUT2D eigenvalue weighted by Gasteiger charge is -2.22. The van der Waals surface area contributed by atoms with Gasteiger partial charge in [-0.1, -0.05) is 29.6 Å². The molecular weight excluding hydrogens is 296 g/mol. The summed E-state index contributed by atoms with van der Waals surface area (Å²) < 4.78 is 0.727. The molecule has 1 atom stereocenters. The molecule has 1 unspecified atom stereocenters. The van der Waals surface area contributed by atoms with E-state index in [2.05, 4.69) is 5.16 Å². The first-order chi connectivity index (χ1) is 9.74. The maximum absolute atomic E-state index is 12.4. The number of hydrogen-bond acceptors (Lipinski definition) is 4. The highest BCUT2D eigenvalue weighted by Crippen LogP contribution is 2.27. The van der Waals surface area contributed by atoms with Crippen LogP contribution in [0.2, 0.25) is 4.34 Å². The molecule has 0 saturated carbocycles. The van der Waals surface area contributed by atoms with Gasteiger partial charge in [-0.2, -0.15) is 0 Å². The van der Waals surface area contributed by atoms with E-state index < -0.39 is 6.10 Å². The molecule has 0 radical (unpaired) electrons. The van der Waals surface area contributed by atoms with Crippen molar-refractivity contribution in [2.24, 2.45) is 5.16 Å². The first-order valence-electron chi connectivity index (χ1n) is 7.01. The summed E-state index contributed by atoms with van der Waals surface area (Å²) >= 11 is 7.39. The second kappa shape index (κ2) is 6.14. The van der Waals surface area contributed by atoms with Crippen LogP contribution in [0.5, 0.6) is 0 Å². The van der Waals surface area contributed by atoms with Gasteiger partial charge in [-0.25, -0.2) is 0 Å². The van der Waals surface area contributed by atoms with E-state index in [9.17, 15) is 4.79 Å². The molecule has 1 amide bonds. The van der Waals surface area contributed by atoms with Crippen LogP contribution in [0.25, 0.3) is 0 Å². The molecule has 4 nitrogen and oxygen atoms in total. The quantitative estimate of drug-likeness (QED) is 0.841. The molecule has 1 saturated heterocycles. The normalized spacial score (nSPS) is 23.1. The molecule has 3 heterocycles. The molecule has 1 aromatic rings. The van der Waals surface area contributed by atoms with Crippen molar-refractivity contribution < 1.29 is 9.63 Å². The van der Waals surface area contributed by atoms with Crippen molar-refractivity contribution in [3.8, 4) is 0 Å². The standard InChI is InChI=1S/C14H17ClN2O2S/c15-13-6-5-12(20-13)10-9-11(19-16-10)14(18)17-7-3-1-2-4-8-17/h5-6,11H,1-4,7-9H2. The van der Waals surface area contributed by atoms with Crippen LogP contribution in [-0.2, 0) is 9.63 Å². The van der Waals surface area contributed by atoms with Gasteiger partial charge >= 0.3 is 0 Å². The molecule has 3 rings (SSSR count). The number of amides is 1. The van der Waals surface area contributed by atoms with Crippen LogP contribution in [0, 0.1) is 0 Å². The molecular formula is C14H17ClN2O2S. The average Bonchev–Trinajstić information content (AvgIpc) is 3.00. The van der Waals surface area contributed by atoms with Crippen molar-refractivity contribution in [2.45, 2.75) is 38.2 Å². The van der Waals surface area contributed by atoms with Crippen molar-refractivity contribution in [1.82, 2.24) is 4.90 Å². The van der Waals surface area contributed by atoms with E-state index in [-0.39, 0.29) is 5.91 Å². The molecule has 6 heteroatoms. The van der Waals surface area contributed by atoms with E-state index in [4.69, 9.17) is 16.4 Å². The second-order valence-corrected chi connectivity index (χ2v) is 6.89. The fourth-order valence-electron chi connectivity index (χ4n) is 2.62. The third-order valence-electron chi connectivity index (χ3n) is 3.72. The van der Waals surface area contributed by atoms with Crippen LogP contribution in [0.1, 0.15) is 37.0 Å². The fraction of sp³-hybridized carbons (Fsp3) is 0.571. The van der Waals surface area contributed by atoms with Gasteiger partial charge in [0.05, 0.1) is 9.21 Å². The SMILES string of the molecule is O=C(C1CC(c2ccc(Cl)s2)=NO1)N1CCCCCC1. The highest BCUT2D eigenvalue weighted by Gasteiger charge is 2.32. The summed E-state index contributed by atoms with van der Waals surface area (Å²) in [4.78, 5) is 20.7. The molecule has 2 aliphatic heterocycles. The van der Waals surface area contributed by atoms with Gasteiger partial charge in [0.25, 0.3) is 5.91 Å². The Balaban J connectivity index is 1.61. The summed E-state index contributed by atoms with van der Waals surface area (Å²) in [6, 6.07) is 3.77. The van der Waals surface area contributed by atoms with E-state index in [1.807, 2.05) is 17.0 Å². The highest BCUT2D eigenvalue weighted by atomic mass is 35.5.